The molecule has 0 unspecified atom stereocenters. The van der Waals surface area contributed by atoms with Gasteiger partial charge in [-0.15, -0.1) is 10.2 Å². The molecule has 0 amide bonds. The smallest absolute Gasteiger partial charge is 0.146 e. The molecule has 0 saturated carbocycles. The summed E-state index contributed by atoms with van der Waals surface area (Å²) in [4.78, 5) is 2.50. The van der Waals surface area contributed by atoms with Gasteiger partial charge in [0, 0.05) is 24.0 Å². The van der Waals surface area contributed by atoms with Crippen molar-refractivity contribution in [3.63, 3.8) is 0 Å². The number of rotatable bonds is 4. The Labute approximate surface area is 137 Å². The highest BCUT2D eigenvalue weighted by atomic mass is 35.5. The monoisotopic (exact) mass is 318 g/mol. The number of hydrogen-bond donors (Lipinski definition) is 0. The Morgan fingerprint density at radius 2 is 1.95 bits per heavy atom. The second-order valence-electron chi connectivity index (χ2n) is 6.37. The van der Waals surface area contributed by atoms with Crippen molar-refractivity contribution in [3.8, 4) is 0 Å². The van der Waals surface area contributed by atoms with Gasteiger partial charge in [-0.25, -0.2) is 0 Å². The van der Waals surface area contributed by atoms with Gasteiger partial charge in [-0.3, -0.25) is 4.90 Å². The second kappa shape index (κ2) is 6.39. The number of likely N-dealkylation sites (tertiary alicyclic amines) is 1. The summed E-state index contributed by atoms with van der Waals surface area (Å²) in [5, 5.41) is 9.52. The summed E-state index contributed by atoms with van der Waals surface area (Å²) in [6, 6.07) is 8.69. The first kappa shape index (κ1) is 15.5. The lowest BCUT2D eigenvalue weighted by Crippen LogP contribution is -2.24. The first-order valence-corrected chi connectivity index (χ1v) is 8.31. The van der Waals surface area contributed by atoms with Crippen molar-refractivity contribution in [2.45, 2.75) is 45.2 Å². The summed E-state index contributed by atoms with van der Waals surface area (Å²) in [6.45, 7) is 6.26. The van der Waals surface area contributed by atoms with Crippen LogP contribution in [0.1, 0.15) is 55.9 Å². The van der Waals surface area contributed by atoms with Crippen LogP contribution in [0, 0.1) is 0 Å². The van der Waals surface area contributed by atoms with Crippen LogP contribution >= 0.6 is 11.6 Å². The van der Waals surface area contributed by atoms with Crippen LogP contribution in [0.4, 0.5) is 0 Å². The standard InChI is InChI=1S/C17H23ClN4/c1-12(2)17-20-19-16(21(17)3)11-22-10-4-5-15(22)13-6-8-14(18)9-7-13/h6-9,12,15H,4-5,10-11H2,1-3H3/t15-/m0/s1. The summed E-state index contributed by atoms with van der Waals surface area (Å²) >= 11 is 6.00. The molecule has 2 heterocycles. The van der Waals surface area contributed by atoms with E-state index >= 15 is 0 Å². The van der Waals surface area contributed by atoms with Gasteiger partial charge in [0.2, 0.25) is 0 Å². The Bertz CT molecular complexity index is 633. The van der Waals surface area contributed by atoms with Gasteiger partial charge >= 0.3 is 0 Å². The van der Waals surface area contributed by atoms with Crippen molar-refractivity contribution >= 4 is 11.6 Å². The Balaban J connectivity index is 1.78. The summed E-state index contributed by atoms with van der Waals surface area (Å²) < 4.78 is 2.14. The maximum atomic E-state index is 6.00. The fourth-order valence-electron chi connectivity index (χ4n) is 3.28. The van der Waals surface area contributed by atoms with Crippen molar-refractivity contribution in [2.75, 3.05) is 6.54 Å². The molecule has 5 heteroatoms. The molecule has 2 aromatic rings. The van der Waals surface area contributed by atoms with E-state index in [1.165, 1.54) is 18.4 Å². The molecule has 0 aliphatic carbocycles. The molecule has 1 saturated heterocycles. The van der Waals surface area contributed by atoms with Crippen molar-refractivity contribution in [1.29, 1.82) is 0 Å². The van der Waals surface area contributed by atoms with E-state index in [1.54, 1.807) is 0 Å². The first-order valence-electron chi connectivity index (χ1n) is 7.94. The van der Waals surface area contributed by atoms with Crippen LogP contribution in [0.5, 0.6) is 0 Å². The lowest BCUT2D eigenvalue weighted by molar-refractivity contribution is 0.239. The lowest BCUT2D eigenvalue weighted by Gasteiger charge is -2.24. The molecular formula is C17H23ClN4. The van der Waals surface area contributed by atoms with E-state index < -0.39 is 0 Å². The van der Waals surface area contributed by atoms with E-state index in [4.69, 9.17) is 11.6 Å². The first-order chi connectivity index (χ1) is 10.6. The van der Waals surface area contributed by atoms with Crippen molar-refractivity contribution < 1.29 is 0 Å². The molecular weight excluding hydrogens is 296 g/mol. The van der Waals surface area contributed by atoms with Gasteiger partial charge in [0.25, 0.3) is 0 Å². The highest BCUT2D eigenvalue weighted by molar-refractivity contribution is 6.30. The number of nitrogens with zero attached hydrogens (tertiary/aromatic N) is 4. The van der Waals surface area contributed by atoms with Gasteiger partial charge < -0.3 is 4.57 Å². The van der Waals surface area contributed by atoms with Crippen LogP contribution in [-0.4, -0.2) is 26.2 Å². The van der Waals surface area contributed by atoms with Crippen molar-refractivity contribution in [2.24, 2.45) is 7.05 Å². The minimum absolute atomic E-state index is 0.400. The summed E-state index contributed by atoms with van der Waals surface area (Å²) in [7, 11) is 2.07. The van der Waals surface area contributed by atoms with E-state index in [0.717, 1.165) is 29.8 Å². The molecule has 0 spiro atoms. The van der Waals surface area contributed by atoms with Crippen LogP contribution < -0.4 is 0 Å². The van der Waals surface area contributed by atoms with Crippen LogP contribution in [0.15, 0.2) is 24.3 Å². The molecule has 3 rings (SSSR count). The highest BCUT2D eigenvalue weighted by Crippen LogP contribution is 2.33. The molecule has 1 aromatic heterocycles. The maximum absolute atomic E-state index is 6.00. The van der Waals surface area contributed by atoms with Crippen molar-refractivity contribution in [3.05, 3.63) is 46.5 Å². The zero-order valence-corrected chi connectivity index (χ0v) is 14.2. The minimum Gasteiger partial charge on any atom is -0.317 e. The summed E-state index contributed by atoms with van der Waals surface area (Å²) in [6.07, 6.45) is 2.42. The van der Waals surface area contributed by atoms with Gasteiger partial charge in [0.1, 0.15) is 11.6 Å². The molecule has 0 radical (unpaired) electrons. The maximum Gasteiger partial charge on any atom is 0.146 e. The molecule has 1 aliphatic heterocycles. The zero-order chi connectivity index (χ0) is 15.7. The van der Waals surface area contributed by atoms with Gasteiger partial charge in [0.05, 0.1) is 6.54 Å². The molecule has 1 aromatic carbocycles. The Morgan fingerprint density at radius 1 is 1.23 bits per heavy atom. The predicted octanol–water partition coefficient (Wildman–Crippen LogP) is 3.93. The van der Waals surface area contributed by atoms with E-state index in [9.17, 15) is 0 Å². The van der Waals surface area contributed by atoms with Gasteiger partial charge in [-0.05, 0) is 37.1 Å². The van der Waals surface area contributed by atoms with E-state index in [0.29, 0.717) is 12.0 Å². The lowest BCUT2D eigenvalue weighted by atomic mass is 10.0. The van der Waals surface area contributed by atoms with Crippen LogP contribution in [-0.2, 0) is 13.6 Å². The predicted molar refractivity (Wildman–Crippen MR) is 88.9 cm³/mol. The van der Waals surface area contributed by atoms with E-state index in [2.05, 4.69) is 52.7 Å². The Morgan fingerprint density at radius 3 is 2.59 bits per heavy atom. The molecule has 4 nitrogen and oxygen atoms in total. The third-order valence-corrected chi connectivity index (χ3v) is 4.73. The molecule has 118 valence electrons. The molecule has 0 bridgehead atoms. The van der Waals surface area contributed by atoms with Crippen LogP contribution in [0.2, 0.25) is 5.02 Å². The third-order valence-electron chi connectivity index (χ3n) is 4.48. The summed E-state index contributed by atoms with van der Waals surface area (Å²) in [5.41, 5.74) is 1.34. The number of halogens is 1. The Kier molecular flexibility index (Phi) is 4.50. The average molecular weight is 319 g/mol. The number of benzene rings is 1. The molecule has 1 aliphatic rings. The topological polar surface area (TPSA) is 34.0 Å². The highest BCUT2D eigenvalue weighted by Gasteiger charge is 2.27. The van der Waals surface area contributed by atoms with Gasteiger partial charge in [-0.2, -0.15) is 0 Å². The Hall–Kier alpha value is -1.39. The SMILES string of the molecule is CC(C)c1nnc(CN2CCC[C@H]2c2ccc(Cl)cc2)n1C. The number of aromatic nitrogens is 3. The zero-order valence-electron chi connectivity index (χ0n) is 13.5. The summed E-state index contributed by atoms with van der Waals surface area (Å²) in [5.74, 6) is 2.50. The van der Waals surface area contributed by atoms with E-state index in [-0.39, 0.29) is 0 Å². The average Bonchev–Trinajstić information content (AvgIpc) is 3.08. The fourth-order valence-corrected chi connectivity index (χ4v) is 3.40. The van der Waals surface area contributed by atoms with Crippen LogP contribution in [0.25, 0.3) is 0 Å². The number of hydrogen-bond acceptors (Lipinski definition) is 3. The van der Waals surface area contributed by atoms with Gasteiger partial charge in [-0.1, -0.05) is 37.6 Å². The fraction of sp³-hybridized carbons (Fsp3) is 0.529. The quantitative estimate of drug-likeness (QED) is 0.856. The largest absolute Gasteiger partial charge is 0.317 e. The molecule has 1 atom stereocenters. The molecule has 0 N–H and O–H groups in total. The van der Waals surface area contributed by atoms with Crippen molar-refractivity contribution in [1.82, 2.24) is 19.7 Å². The van der Waals surface area contributed by atoms with E-state index in [1.807, 2.05) is 12.1 Å². The second-order valence-corrected chi connectivity index (χ2v) is 6.80. The minimum atomic E-state index is 0.400. The molecule has 1 fully saturated rings. The molecule has 22 heavy (non-hydrogen) atoms. The van der Waals surface area contributed by atoms with Crippen LogP contribution in [0.3, 0.4) is 0 Å². The third kappa shape index (κ3) is 3.03. The van der Waals surface area contributed by atoms with Gasteiger partial charge in [0.15, 0.2) is 0 Å². The normalized spacial score (nSPS) is 19.2.